The maximum Gasteiger partial charge on any atom is 0.247 e. The lowest BCUT2D eigenvalue weighted by atomic mass is 10.1. The molecule has 1 aliphatic heterocycles. The molecule has 1 N–H and O–H groups in total. The second kappa shape index (κ2) is 10.5. The molecule has 0 amide bonds. The van der Waals surface area contributed by atoms with Crippen LogP contribution in [0, 0.1) is 0 Å². The van der Waals surface area contributed by atoms with E-state index in [1.807, 2.05) is 48.5 Å². The molecule has 0 fully saturated rings. The first-order valence-electron chi connectivity index (χ1n) is 10.9. The Kier molecular flexibility index (Phi) is 7.25. The fraction of sp³-hybridized carbons (Fsp3) is 0.375. The van der Waals surface area contributed by atoms with Crippen LogP contribution in [0.5, 0.6) is 11.6 Å². The highest BCUT2D eigenvalue weighted by Gasteiger charge is 2.27. The first-order chi connectivity index (χ1) is 15.3. The zero-order chi connectivity index (χ0) is 21.5. The molecule has 0 unspecified atom stereocenters. The van der Waals surface area contributed by atoms with Crippen LogP contribution >= 0.6 is 11.8 Å². The van der Waals surface area contributed by atoms with Gasteiger partial charge in [-0.2, -0.15) is 4.98 Å². The van der Waals surface area contributed by atoms with Crippen molar-refractivity contribution in [1.82, 2.24) is 15.2 Å². The predicted molar refractivity (Wildman–Crippen MR) is 125 cm³/mol. The van der Waals surface area contributed by atoms with E-state index in [0.29, 0.717) is 23.3 Å². The van der Waals surface area contributed by atoms with Crippen LogP contribution < -0.4 is 14.8 Å². The molecule has 7 heteroatoms. The Bertz CT molecular complexity index is 1010. The number of hydrogen-bond donors (Lipinski definition) is 1. The summed E-state index contributed by atoms with van der Waals surface area (Å²) < 4.78 is 12.5. The van der Waals surface area contributed by atoms with Gasteiger partial charge < -0.3 is 14.8 Å². The fourth-order valence-corrected chi connectivity index (χ4v) is 4.17. The Morgan fingerprint density at radius 3 is 2.68 bits per heavy atom. The van der Waals surface area contributed by atoms with E-state index in [-0.39, 0.29) is 0 Å². The van der Waals surface area contributed by atoms with E-state index in [1.54, 1.807) is 11.8 Å². The van der Waals surface area contributed by atoms with Crippen molar-refractivity contribution in [2.45, 2.75) is 50.9 Å². The van der Waals surface area contributed by atoms with Gasteiger partial charge in [-0.05, 0) is 31.0 Å². The molecule has 1 aromatic heterocycles. The summed E-state index contributed by atoms with van der Waals surface area (Å²) in [7, 11) is 0. The van der Waals surface area contributed by atoms with Crippen LogP contribution in [0.1, 0.15) is 51.3 Å². The van der Waals surface area contributed by atoms with Crippen LogP contribution in [0.2, 0.25) is 0 Å². The largest absolute Gasteiger partial charge is 0.493 e. The maximum absolute atomic E-state index is 6.40. The number of nitrogens with zero attached hydrogens (tertiary/aromatic N) is 3. The number of anilines is 1. The average Bonchev–Trinajstić information content (AvgIpc) is 2.96. The van der Waals surface area contributed by atoms with E-state index in [9.17, 15) is 0 Å². The van der Waals surface area contributed by atoms with Crippen LogP contribution in [0.4, 0.5) is 5.69 Å². The molecule has 0 saturated carbocycles. The summed E-state index contributed by atoms with van der Waals surface area (Å²) in [6.07, 6.45) is 3.89. The number of fused-ring (bicyclic) bond motifs is 3. The highest BCUT2D eigenvalue weighted by molar-refractivity contribution is 7.99. The van der Waals surface area contributed by atoms with Gasteiger partial charge in [-0.25, -0.2) is 0 Å². The van der Waals surface area contributed by atoms with E-state index in [2.05, 4.69) is 29.4 Å². The molecule has 162 valence electrons. The summed E-state index contributed by atoms with van der Waals surface area (Å²) >= 11 is 1.61. The Balaban J connectivity index is 1.70. The van der Waals surface area contributed by atoms with Crippen molar-refractivity contribution in [3.8, 4) is 22.9 Å². The second-order valence-electron chi connectivity index (χ2n) is 7.38. The summed E-state index contributed by atoms with van der Waals surface area (Å²) in [5.74, 6) is 2.26. The Morgan fingerprint density at radius 2 is 1.81 bits per heavy atom. The summed E-state index contributed by atoms with van der Waals surface area (Å²) in [4.78, 5) is 4.71. The van der Waals surface area contributed by atoms with Gasteiger partial charge in [-0.1, -0.05) is 68.8 Å². The van der Waals surface area contributed by atoms with Crippen LogP contribution in [-0.2, 0) is 0 Å². The molecule has 1 aliphatic rings. The van der Waals surface area contributed by atoms with Gasteiger partial charge in [-0.3, -0.25) is 0 Å². The second-order valence-corrected chi connectivity index (χ2v) is 8.44. The highest BCUT2D eigenvalue weighted by Crippen LogP contribution is 2.41. The summed E-state index contributed by atoms with van der Waals surface area (Å²) in [6.45, 7) is 5.00. The molecule has 3 aromatic rings. The van der Waals surface area contributed by atoms with Crippen molar-refractivity contribution in [3.05, 3.63) is 54.1 Å². The summed E-state index contributed by atoms with van der Waals surface area (Å²) in [5, 5.41) is 13.0. The first-order valence-corrected chi connectivity index (χ1v) is 11.9. The number of unbranched alkanes of at least 4 members (excludes halogenated alkanes) is 2. The number of benzene rings is 2. The van der Waals surface area contributed by atoms with Crippen molar-refractivity contribution in [1.29, 1.82) is 0 Å². The van der Waals surface area contributed by atoms with Crippen LogP contribution in [-0.4, -0.2) is 27.5 Å². The normalized spacial score (nSPS) is 14.6. The van der Waals surface area contributed by atoms with Gasteiger partial charge in [0, 0.05) is 17.0 Å². The predicted octanol–water partition coefficient (Wildman–Crippen LogP) is 6.11. The molecule has 2 aromatic carbocycles. The van der Waals surface area contributed by atoms with Crippen molar-refractivity contribution >= 4 is 17.4 Å². The Morgan fingerprint density at radius 1 is 1.00 bits per heavy atom. The molecule has 31 heavy (non-hydrogen) atoms. The van der Waals surface area contributed by atoms with E-state index < -0.39 is 6.23 Å². The topological polar surface area (TPSA) is 69.2 Å². The molecule has 1 atom stereocenters. The van der Waals surface area contributed by atoms with Gasteiger partial charge >= 0.3 is 0 Å². The number of rotatable bonds is 9. The SMILES string of the molecule is CCCCOc1ccccc1[C@@H]1Nc2ccccc2-c2nnc(SCCCC)nc2O1. The number of para-hydroxylation sites is 2. The minimum atomic E-state index is -0.453. The molecular formula is C24H28N4O2S. The first kappa shape index (κ1) is 21.4. The molecule has 0 saturated heterocycles. The molecule has 2 heterocycles. The molecule has 0 aliphatic carbocycles. The molecule has 0 radical (unpaired) electrons. The zero-order valence-electron chi connectivity index (χ0n) is 18.0. The van der Waals surface area contributed by atoms with Crippen molar-refractivity contribution in [2.75, 3.05) is 17.7 Å². The van der Waals surface area contributed by atoms with Gasteiger partial charge in [0.2, 0.25) is 17.3 Å². The third kappa shape index (κ3) is 5.10. The third-order valence-electron chi connectivity index (χ3n) is 5.02. The van der Waals surface area contributed by atoms with Crippen molar-refractivity contribution < 1.29 is 9.47 Å². The van der Waals surface area contributed by atoms with Gasteiger partial charge in [0.25, 0.3) is 0 Å². The Hall–Kier alpha value is -2.80. The van der Waals surface area contributed by atoms with Crippen molar-refractivity contribution in [2.24, 2.45) is 0 Å². The lowest BCUT2D eigenvalue weighted by Gasteiger charge is -2.22. The number of nitrogens with one attached hydrogen (secondary N) is 1. The van der Waals surface area contributed by atoms with Gasteiger partial charge in [0.1, 0.15) is 5.75 Å². The Labute approximate surface area is 187 Å². The maximum atomic E-state index is 6.40. The number of hydrogen-bond acceptors (Lipinski definition) is 7. The molecule has 0 bridgehead atoms. The van der Waals surface area contributed by atoms with Gasteiger partial charge in [0.05, 0.1) is 12.2 Å². The minimum absolute atomic E-state index is 0.453. The van der Waals surface area contributed by atoms with Gasteiger partial charge in [-0.15, -0.1) is 10.2 Å². The quantitative estimate of drug-likeness (QED) is 0.320. The van der Waals surface area contributed by atoms with E-state index in [1.165, 1.54) is 0 Å². The summed E-state index contributed by atoms with van der Waals surface area (Å²) in [6, 6.07) is 16.0. The van der Waals surface area contributed by atoms with E-state index >= 15 is 0 Å². The number of thioether (sulfide) groups is 1. The smallest absolute Gasteiger partial charge is 0.247 e. The van der Waals surface area contributed by atoms with Crippen LogP contribution in [0.3, 0.4) is 0 Å². The number of aromatic nitrogens is 3. The monoisotopic (exact) mass is 436 g/mol. The van der Waals surface area contributed by atoms with E-state index in [4.69, 9.17) is 14.5 Å². The fourth-order valence-electron chi connectivity index (χ4n) is 3.31. The number of ether oxygens (including phenoxy) is 2. The third-order valence-corrected chi connectivity index (χ3v) is 5.94. The zero-order valence-corrected chi connectivity index (χ0v) is 18.8. The van der Waals surface area contributed by atoms with E-state index in [0.717, 1.165) is 54.0 Å². The summed E-state index contributed by atoms with van der Waals surface area (Å²) in [5.41, 5.74) is 3.43. The lowest BCUT2D eigenvalue weighted by molar-refractivity contribution is 0.215. The van der Waals surface area contributed by atoms with Gasteiger partial charge in [0.15, 0.2) is 5.69 Å². The van der Waals surface area contributed by atoms with Crippen LogP contribution in [0.25, 0.3) is 11.3 Å². The molecule has 6 nitrogen and oxygen atoms in total. The van der Waals surface area contributed by atoms with Crippen LogP contribution in [0.15, 0.2) is 53.7 Å². The highest BCUT2D eigenvalue weighted by atomic mass is 32.2. The lowest BCUT2D eigenvalue weighted by Crippen LogP contribution is -2.18. The van der Waals surface area contributed by atoms with Crippen molar-refractivity contribution in [3.63, 3.8) is 0 Å². The molecular weight excluding hydrogens is 408 g/mol. The molecule has 0 spiro atoms. The molecule has 4 rings (SSSR count). The minimum Gasteiger partial charge on any atom is -0.493 e. The standard InChI is InChI=1S/C24H28N4O2S/c1-3-5-15-29-20-14-10-8-12-18(20)22-25-19-13-9-7-11-17(19)21-23(30-22)26-24(28-27-21)31-16-6-4-2/h7-14,22,25H,3-6,15-16H2,1-2H3/t22-/m1/s1. The average molecular weight is 437 g/mol.